The number of benzene rings is 1. The lowest BCUT2D eigenvalue weighted by Gasteiger charge is -2.12. The van der Waals surface area contributed by atoms with E-state index in [9.17, 15) is 18.0 Å². The second-order valence-corrected chi connectivity index (χ2v) is 6.46. The molecule has 20 heavy (non-hydrogen) atoms. The Kier molecular flexibility index (Phi) is 5.09. The van der Waals surface area contributed by atoms with Gasteiger partial charge in [0.05, 0.1) is 7.11 Å². The van der Waals surface area contributed by atoms with E-state index in [1.165, 1.54) is 6.92 Å². The fraction of sp³-hybridized carbons (Fsp3) is 0.333. The summed E-state index contributed by atoms with van der Waals surface area (Å²) in [6.45, 7) is 1.21. The first-order valence-corrected chi connectivity index (χ1v) is 7.42. The minimum atomic E-state index is -3.91. The van der Waals surface area contributed by atoms with Crippen molar-refractivity contribution in [2.45, 2.75) is 12.2 Å². The standard InChI is InChI=1S/C12H16N2O5S/c1-8(20(17,18)7-11(15)19-2)12(16)14-10-5-3-9(13)4-6-10/h3-6,8H,7,13H2,1-2H3,(H,14,16). The molecule has 0 radical (unpaired) electrons. The Morgan fingerprint density at radius 2 is 1.85 bits per heavy atom. The molecule has 1 atom stereocenters. The molecule has 0 aliphatic heterocycles. The van der Waals surface area contributed by atoms with Crippen LogP contribution in [0.4, 0.5) is 11.4 Å². The second kappa shape index (κ2) is 6.38. The summed E-state index contributed by atoms with van der Waals surface area (Å²) in [7, 11) is -2.83. The van der Waals surface area contributed by atoms with Crippen LogP contribution in [0.1, 0.15) is 6.92 Å². The summed E-state index contributed by atoms with van der Waals surface area (Å²) in [6, 6.07) is 6.24. The predicted molar refractivity (Wildman–Crippen MR) is 74.7 cm³/mol. The molecule has 1 unspecified atom stereocenters. The van der Waals surface area contributed by atoms with Gasteiger partial charge >= 0.3 is 5.97 Å². The fourth-order valence-corrected chi connectivity index (χ4v) is 2.40. The molecule has 0 saturated heterocycles. The van der Waals surface area contributed by atoms with E-state index in [-0.39, 0.29) is 0 Å². The molecule has 0 spiro atoms. The maximum atomic E-state index is 11.8. The van der Waals surface area contributed by atoms with Crippen LogP contribution in [0, 0.1) is 0 Å². The van der Waals surface area contributed by atoms with E-state index < -0.39 is 32.7 Å². The van der Waals surface area contributed by atoms with Crippen LogP contribution >= 0.6 is 0 Å². The Morgan fingerprint density at radius 1 is 1.30 bits per heavy atom. The molecule has 0 aromatic heterocycles. The molecule has 1 rings (SSSR count). The molecule has 0 heterocycles. The molecule has 0 saturated carbocycles. The molecule has 1 amide bonds. The van der Waals surface area contributed by atoms with Crippen LogP contribution in [0.2, 0.25) is 0 Å². The van der Waals surface area contributed by atoms with Crippen LogP contribution < -0.4 is 11.1 Å². The largest absolute Gasteiger partial charge is 0.468 e. The number of hydrogen-bond donors (Lipinski definition) is 2. The van der Waals surface area contributed by atoms with Crippen LogP contribution in [0.3, 0.4) is 0 Å². The summed E-state index contributed by atoms with van der Waals surface area (Å²) in [5, 5.41) is 1.08. The minimum absolute atomic E-state index is 0.421. The van der Waals surface area contributed by atoms with Crippen molar-refractivity contribution >= 4 is 33.1 Å². The Balaban J connectivity index is 2.76. The highest BCUT2D eigenvalue weighted by molar-refractivity contribution is 7.93. The molecule has 110 valence electrons. The molecule has 7 nitrogen and oxygen atoms in total. The third-order valence-corrected chi connectivity index (χ3v) is 4.56. The number of carbonyl (C=O) groups is 2. The van der Waals surface area contributed by atoms with Crippen molar-refractivity contribution < 1.29 is 22.7 Å². The Labute approximate surface area is 117 Å². The number of ether oxygens (including phenoxy) is 1. The van der Waals surface area contributed by atoms with Gasteiger partial charge in [0, 0.05) is 11.4 Å². The average molecular weight is 300 g/mol. The predicted octanol–water partition coefficient (Wildman–Crippen LogP) is 0.184. The number of anilines is 2. The van der Waals surface area contributed by atoms with Gasteiger partial charge in [0.25, 0.3) is 0 Å². The first-order valence-electron chi connectivity index (χ1n) is 5.71. The van der Waals surface area contributed by atoms with Gasteiger partial charge in [-0.05, 0) is 31.2 Å². The number of nitrogens with one attached hydrogen (secondary N) is 1. The number of nitrogens with two attached hydrogens (primary N) is 1. The third-order valence-electron chi connectivity index (χ3n) is 2.63. The molecular weight excluding hydrogens is 284 g/mol. The van der Waals surface area contributed by atoms with E-state index >= 15 is 0 Å². The summed E-state index contributed by atoms with van der Waals surface area (Å²) in [5.41, 5.74) is 6.44. The van der Waals surface area contributed by atoms with Gasteiger partial charge in [0.15, 0.2) is 9.84 Å². The van der Waals surface area contributed by atoms with Gasteiger partial charge in [-0.25, -0.2) is 8.42 Å². The molecule has 1 aromatic rings. The Morgan fingerprint density at radius 3 is 2.35 bits per heavy atom. The zero-order valence-electron chi connectivity index (χ0n) is 11.1. The molecule has 1 aromatic carbocycles. The van der Waals surface area contributed by atoms with Crippen LogP contribution in [0.25, 0.3) is 0 Å². The second-order valence-electron chi connectivity index (χ2n) is 4.14. The van der Waals surface area contributed by atoms with Crippen molar-refractivity contribution in [3.05, 3.63) is 24.3 Å². The number of amides is 1. The van der Waals surface area contributed by atoms with Crippen molar-refractivity contribution in [2.24, 2.45) is 0 Å². The zero-order valence-corrected chi connectivity index (χ0v) is 11.9. The third kappa shape index (κ3) is 4.23. The van der Waals surface area contributed by atoms with E-state index in [4.69, 9.17) is 5.73 Å². The van der Waals surface area contributed by atoms with Crippen LogP contribution in [-0.4, -0.2) is 38.4 Å². The highest BCUT2D eigenvalue weighted by Crippen LogP contribution is 2.12. The molecule has 0 bridgehead atoms. The van der Waals surface area contributed by atoms with Gasteiger partial charge in [0.2, 0.25) is 5.91 Å². The lowest BCUT2D eigenvalue weighted by atomic mass is 10.3. The summed E-state index contributed by atoms with van der Waals surface area (Å²) < 4.78 is 27.9. The van der Waals surface area contributed by atoms with E-state index in [1.807, 2.05) is 0 Å². The molecule has 0 aliphatic rings. The number of methoxy groups -OCH3 is 1. The van der Waals surface area contributed by atoms with E-state index in [0.717, 1.165) is 7.11 Å². The molecule has 0 aliphatic carbocycles. The number of sulfone groups is 1. The first kappa shape index (κ1) is 16.0. The number of carbonyl (C=O) groups excluding carboxylic acids is 2. The molecule has 0 fully saturated rings. The molecule has 3 N–H and O–H groups in total. The van der Waals surface area contributed by atoms with E-state index in [1.54, 1.807) is 24.3 Å². The van der Waals surface area contributed by atoms with Crippen LogP contribution in [0.15, 0.2) is 24.3 Å². The smallest absolute Gasteiger partial charge is 0.320 e. The average Bonchev–Trinajstić information content (AvgIpc) is 2.39. The van der Waals surface area contributed by atoms with Gasteiger partial charge in [0.1, 0.15) is 11.0 Å². The Bertz CT molecular complexity index is 595. The maximum Gasteiger partial charge on any atom is 0.320 e. The number of esters is 1. The lowest BCUT2D eigenvalue weighted by molar-refractivity contribution is -0.137. The highest BCUT2D eigenvalue weighted by Gasteiger charge is 2.30. The van der Waals surface area contributed by atoms with Crippen molar-refractivity contribution in [2.75, 3.05) is 23.9 Å². The van der Waals surface area contributed by atoms with Gasteiger partial charge in [-0.3, -0.25) is 9.59 Å². The van der Waals surface area contributed by atoms with Gasteiger partial charge in [-0.2, -0.15) is 0 Å². The number of hydrogen-bond acceptors (Lipinski definition) is 6. The summed E-state index contributed by atoms with van der Waals surface area (Å²) in [6.07, 6.45) is 0. The zero-order chi connectivity index (χ0) is 15.3. The fourth-order valence-electron chi connectivity index (χ4n) is 1.32. The SMILES string of the molecule is COC(=O)CS(=O)(=O)C(C)C(=O)Nc1ccc(N)cc1. The topological polar surface area (TPSA) is 116 Å². The Hall–Kier alpha value is -2.09. The van der Waals surface area contributed by atoms with Gasteiger partial charge in [-0.15, -0.1) is 0 Å². The highest BCUT2D eigenvalue weighted by atomic mass is 32.2. The first-order chi connectivity index (χ1) is 9.26. The maximum absolute atomic E-state index is 11.8. The normalized spacial score (nSPS) is 12.5. The number of rotatable bonds is 5. The molecular formula is C12H16N2O5S. The van der Waals surface area contributed by atoms with Crippen molar-refractivity contribution in [1.82, 2.24) is 0 Å². The lowest BCUT2D eigenvalue weighted by Crippen LogP contribution is -2.36. The van der Waals surface area contributed by atoms with Crippen molar-refractivity contribution in [3.8, 4) is 0 Å². The van der Waals surface area contributed by atoms with Crippen LogP contribution in [0.5, 0.6) is 0 Å². The summed E-state index contributed by atoms with van der Waals surface area (Å²) >= 11 is 0. The van der Waals surface area contributed by atoms with Crippen molar-refractivity contribution in [3.63, 3.8) is 0 Å². The van der Waals surface area contributed by atoms with E-state index in [0.29, 0.717) is 11.4 Å². The molecule has 8 heteroatoms. The van der Waals surface area contributed by atoms with Crippen LogP contribution in [-0.2, 0) is 24.2 Å². The number of nitrogen functional groups attached to an aromatic ring is 1. The summed E-state index contributed by atoms with van der Waals surface area (Å²) in [4.78, 5) is 22.8. The van der Waals surface area contributed by atoms with Gasteiger partial charge in [-0.1, -0.05) is 0 Å². The monoisotopic (exact) mass is 300 g/mol. The quantitative estimate of drug-likeness (QED) is 0.592. The van der Waals surface area contributed by atoms with Gasteiger partial charge < -0.3 is 15.8 Å². The minimum Gasteiger partial charge on any atom is -0.468 e. The summed E-state index contributed by atoms with van der Waals surface area (Å²) in [5.74, 6) is -2.46. The van der Waals surface area contributed by atoms with Crippen molar-refractivity contribution in [1.29, 1.82) is 0 Å². The van der Waals surface area contributed by atoms with E-state index in [2.05, 4.69) is 10.1 Å².